The van der Waals surface area contributed by atoms with E-state index >= 15 is 0 Å². The van der Waals surface area contributed by atoms with Crippen LogP contribution in [0.2, 0.25) is 0 Å². The van der Waals surface area contributed by atoms with Crippen LogP contribution in [0.3, 0.4) is 0 Å². The van der Waals surface area contributed by atoms with Crippen LogP contribution in [0.15, 0.2) is 34.5 Å². The lowest BCUT2D eigenvalue weighted by Gasteiger charge is -2.43. The van der Waals surface area contributed by atoms with Crippen LogP contribution >= 0.6 is 0 Å². The summed E-state index contributed by atoms with van der Waals surface area (Å²) in [7, 11) is 0. The Morgan fingerprint density at radius 1 is 0.976 bits per heavy atom. The molecule has 3 N–H and O–H groups in total. The Kier molecular flexibility index (Phi) is 5.85. The van der Waals surface area contributed by atoms with Gasteiger partial charge in [-0.1, -0.05) is 12.1 Å². The summed E-state index contributed by atoms with van der Waals surface area (Å²) in [5.41, 5.74) is 12.5. The number of hydrogen-bond donors (Lipinski definition) is 2. The number of benzene rings is 1. The quantitative estimate of drug-likeness (QED) is 0.518. The molecule has 0 aromatic heterocycles. The fraction of sp³-hybridized carbons (Fsp3) is 0.613. The molecule has 4 saturated carbocycles. The summed E-state index contributed by atoms with van der Waals surface area (Å²) in [6.07, 6.45) is 4.95. The molecule has 10 heteroatoms. The second kappa shape index (κ2) is 9.05. The van der Waals surface area contributed by atoms with E-state index in [2.05, 4.69) is 41.8 Å². The normalized spacial score (nSPS) is 31.2. The third kappa shape index (κ3) is 4.00. The summed E-state index contributed by atoms with van der Waals surface area (Å²) in [6, 6.07) is 6.44. The van der Waals surface area contributed by atoms with Gasteiger partial charge < -0.3 is 30.4 Å². The zero-order valence-corrected chi connectivity index (χ0v) is 24.1. The summed E-state index contributed by atoms with van der Waals surface area (Å²) in [5.74, 6) is -0.468. The minimum absolute atomic E-state index is 0.0156. The highest BCUT2D eigenvalue weighted by molar-refractivity contribution is 6.14. The number of aliphatic imine (C=N–C) groups is 1. The summed E-state index contributed by atoms with van der Waals surface area (Å²) >= 11 is 0. The van der Waals surface area contributed by atoms with Crippen molar-refractivity contribution in [3.63, 3.8) is 0 Å². The molecular weight excluding hydrogens is 520 g/mol. The van der Waals surface area contributed by atoms with Gasteiger partial charge in [-0.2, -0.15) is 0 Å². The van der Waals surface area contributed by atoms with Gasteiger partial charge in [0.1, 0.15) is 18.8 Å². The number of anilines is 1. The molecule has 6 aliphatic rings. The highest BCUT2D eigenvalue weighted by Gasteiger charge is 2.88. The topological polar surface area (TPSA) is 123 Å². The lowest BCUT2D eigenvalue weighted by molar-refractivity contribution is -0.139. The predicted octanol–water partition coefficient (Wildman–Crippen LogP) is 0.985. The largest absolute Gasteiger partial charge is 0.394 e. The van der Waals surface area contributed by atoms with Crippen molar-refractivity contribution in [2.75, 3.05) is 63.9 Å². The first-order chi connectivity index (χ1) is 19.6. The number of aryl methyl sites for hydroxylation is 1. The Bertz CT molecular complexity index is 1400. The van der Waals surface area contributed by atoms with Crippen LogP contribution in [0.4, 0.5) is 5.69 Å². The second-order valence-corrected chi connectivity index (χ2v) is 13.2. The van der Waals surface area contributed by atoms with Gasteiger partial charge >= 0.3 is 0 Å². The minimum Gasteiger partial charge on any atom is -0.394 e. The maximum Gasteiger partial charge on any atom is 0.270 e. The second-order valence-electron chi connectivity index (χ2n) is 13.2. The van der Waals surface area contributed by atoms with Crippen molar-refractivity contribution in [2.24, 2.45) is 21.6 Å². The molecule has 218 valence electrons. The van der Waals surface area contributed by atoms with Crippen LogP contribution in [0.25, 0.3) is 0 Å². The summed E-state index contributed by atoms with van der Waals surface area (Å²) < 4.78 is 0. The summed E-state index contributed by atoms with van der Waals surface area (Å²) in [6.45, 7) is 7.80. The van der Waals surface area contributed by atoms with Gasteiger partial charge in [0.2, 0.25) is 11.8 Å². The molecule has 7 rings (SSSR count). The Morgan fingerprint density at radius 3 is 2.37 bits per heavy atom. The first-order valence-electron chi connectivity index (χ1n) is 15.0. The number of aliphatic hydroxyl groups excluding tert-OH is 1. The van der Waals surface area contributed by atoms with E-state index < -0.39 is 6.61 Å². The van der Waals surface area contributed by atoms with Crippen LogP contribution in [-0.2, 0) is 14.4 Å². The van der Waals surface area contributed by atoms with Gasteiger partial charge in [-0.3, -0.25) is 19.4 Å². The SMILES string of the molecule is Cc1cccc(N2CCN(C(=O)CN=C3CC45CC4(C5)/C3=C(/N)C(=O)N3CCN(C(=O)CO)CC3)C3(CC3)C2)c1C. The van der Waals surface area contributed by atoms with E-state index in [1.54, 1.807) is 9.80 Å². The maximum atomic E-state index is 13.6. The molecule has 3 amide bonds. The number of nitrogens with zero attached hydrogens (tertiary/aromatic N) is 5. The van der Waals surface area contributed by atoms with Crippen molar-refractivity contribution in [3.8, 4) is 0 Å². The number of aliphatic hydroxyl groups is 1. The summed E-state index contributed by atoms with van der Waals surface area (Å²) in [5, 5.41) is 9.13. The molecule has 2 aliphatic heterocycles. The lowest BCUT2D eigenvalue weighted by atomic mass is 9.91. The van der Waals surface area contributed by atoms with Crippen molar-refractivity contribution in [1.82, 2.24) is 14.7 Å². The van der Waals surface area contributed by atoms with E-state index in [1.165, 1.54) is 16.8 Å². The number of rotatable bonds is 5. The molecule has 2 saturated heterocycles. The van der Waals surface area contributed by atoms with Crippen molar-refractivity contribution in [3.05, 3.63) is 40.6 Å². The third-order valence-electron chi connectivity index (χ3n) is 11.0. The zero-order chi connectivity index (χ0) is 28.7. The van der Waals surface area contributed by atoms with E-state index in [0.717, 1.165) is 56.5 Å². The highest BCUT2D eigenvalue weighted by atomic mass is 16.3. The number of allylic oxidation sites excluding steroid dienone is 1. The van der Waals surface area contributed by atoms with Gasteiger partial charge in [-0.25, -0.2) is 0 Å². The first kappa shape index (κ1) is 26.5. The number of nitrogens with two attached hydrogens (primary N) is 1. The van der Waals surface area contributed by atoms with E-state index in [-0.39, 0.29) is 46.3 Å². The van der Waals surface area contributed by atoms with E-state index in [9.17, 15) is 14.4 Å². The first-order valence-corrected chi connectivity index (χ1v) is 15.0. The Labute approximate surface area is 240 Å². The third-order valence-corrected chi connectivity index (χ3v) is 11.0. The van der Waals surface area contributed by atoms with Gasteiger partial charge in [0, 0.05) is 68.2 Å². The molecule has 2 heterocycles. The maximum absolute atomic E-state index is 13.6. The molecular formula is C31H40N6O4. The van der Waals surface area contributed by atoms with Crippen LogP contribution in [0, 0.1) is 24.7 Å². The average Bonchev–Trinajstić information content (AvgIpc) is 3.92. The Balaban J connectivity index is 1.04. The predicted molar refractivity (Wildman–Crippen MR) is 154 cm³/mol. The van der Waals surface area contributed by atoms with Crippen LogP contribution < -0.4 is 10.6 Å². The number of hydrogen-bond acceptors (Lipinski definition) is 7. The van der Waals surface area contributed by atoms with Crippen LogP contribution in [0.1, 0.15) is 43.2 Å². The van der Waals surface area contributed by atoms with E-state index in [4.69, 9.17) is 15.8 Å². The number of amides is 3. The van der Waals surface area contributed by atoms with Crippen molar-refractivity contribution >= 4 is 29.1 Å². The molecule has 0 radical (unpaired) electrons. The van der Waals surface area contributed by atoms with Crippen molar-refractivity contribution < 1.29 is 19.5 Å². The fourth-order valence-electron chi connectivity index (χ4n) is 7.99. The smallest absolute Gasteiger partial charge is 0.270 e. The molecule has 10 nitrogen and oxygen atoms in total. The number of carbonyl (C=O) groups is 3. The zero-order valence-electron chi connectivity index (χ0n) is 24.1. The fourth-order valence-corrected chi connectivity index (χ4v) is 7.99. The van der Waals surface area contributed by atoms with Crippen molar-refractivity contribution in [1.29, 1.82) is 0 Å². The van der Waals surface area contributed by atoms with Crippen molar-refractivity contribution in [2.45, 2.75) is 51.5 Å². The molecule has 1 aromatic rings. The van der Waals surface area contributed by atoms with Crippen LogP contribution in [0.5, 0.6) is 0 Å². The molecule has 0 atom stereocenters. The number of piperazine rings is 2. The standard InChI is InChI=1S/C31H40N6O4/c1-20-4-3-5-23(21(20)2)36-12-13-37(30(19-36)6-7-30)24(39)15-33-22-14-29-17-31(29,18-29)26(22)27(32)28(41)35-10-8-34(9-11-35)25(40)16-38/h3-5,38H,6-19,32H2,1-2H3/b27-26+,33-22?. The molecule has 0 bridgehead atoms. The minimum atomic E-state index is -0.521. The Morgan fingerprint density at radius 2 is 1.68 bits per heavy atom. The van der Waals surface area contributed by atoms with Crippen LogP contribution in [-0.4, -0.2) is 108 Å². The molecule has 6 fully saturated rings. The molecule has 41 heavy (non-hydrogen) atoms. The van der Waals surface area contributed by atoms with Gasteiger partial charge in [-0.15, -0.1) is 0 Å². The van der Waals surface area contributed by atoms with Gasteiger partial charge in [-0.05, 0) is 68.6 Å². The van der Waals surface area contributed by atoms with Gasteiger partial charge in [0.25, 0.3) is 5.91 Å². The van der Waals surface area contributed by atoms with Gasteiger partial charge in [0.05, 0.1) is 5.54 Å². The molecule has 0 unspecified atom stereocenters. The highest BCUT2D eigenvalue weighted by Crippen LogP contribution is 2.94. The van der Waals surface area contributed by atoms with E-state index in [1.807, 2.05) is 0 Å². The molecule has 1 aromatic carbocycles. The summed E-state index contributed by atoms with van der Waals surface area (Å²) in [4.78, 5) is 51.4. The van der Waals surface area contributed by atoms with E-state index in [0.29, 0.717) is 32.7 Å². The average molecular weight is 561 g/mol. The Hall–Kier alpha value is -3.40. The lowest BCUT2D eigenvalue weighted by Crippen LogP contribution is -2.57. The molecule has 4 aliphatic carbocycles. The monoisotopic (exact) mass is 560 g/mol. The number of carbonyl (C=O) groups excluding carboxylic acids is 3. The van der Waals surface area contributed by atoms with Gasteiger partial charge in [0.15, 0.2) is 0 Å². The molecule has 1 spiro atoms.